The number of hydrogen-bond donors (Lipinski definition) is 1. The maximum Gasteiger partial charge on any atom is 0.330 e. The number of aromatic nitrogens is 2. The molecule has 4 rings (SSSR count). The first-order valence-corrected chi connectivity index (χ1v) is 11.8. The van der Waals surface area contributed by atoms with Crippen molar-refractivity contribution >= 4 is 29.4 Å². The van der Waals surface area contributed by atoms with Gasteiger partial charge in [0.1, 0.15) is 17.3 Å². The summed E-state index contributed by atoms with van der Waals surface area (Å²) in [6, 6.07) is 4.91. The van der Waals surface area contributed by atoms with E-state index in [1.807, 2.05) is 25.1 Å². The van der Waals surface area contributed by atoms with E-state index in [0.717, 1.165) is 5.56 Å². The van der Waals surface area contributed by atoms with Crippen LogP contribution in [0.3, 0.4) is 0 Å². The summed E-state index contributed by atoms with van der Waals surface area (Å²) in [5.41, 5.74) is 1.45. The molecular formula is C25H33N7O4. The maximum atomic E-state index is 14.0. The molecule has 192 valence electrons. The fourth-order valence-electron chi connectivity index (χ4n) is 4.40. The van der Waals surface area contributed by atoms with E-state index in [2.05, 4.69) is 15.3 Å². The van der Waals surface area contributed by atoms with Crippen molar-refractivity contribution in [3.63, 3.8) is 0 Å². The highest BCUT2D eigenvalue weighted by Gasteiger charge is 2.41. The Bertz CT molecular complexity index is 1130. The number of likely N-dealkylation sites (N-methyl/N-ethyl adjacent to an activating group) is 1. The molecule has 0 aliphatic carbocycles. The highest BCUT2D eigenvalue weighted by atomic mass is 16.5. The monoisotopic (exact) mass is 495 g/mol. The van der Waals surface area contributed by atoms with Crippen molar-refractivity contribution in [1.82, 2.24) is 19.8 Å². The number of nitrogens with one attached hydrogen (secondary N) is 1. The molecule has 0 bridgehead atoms. The Morgan fingerprint density at radius 2 is 1.94 bits per heavy atom. The summed E-state index contributed by atoms with van der Waals surface area (Å²) in [5.74, 6) is 2.10. The number of ether oxygens (including phenoxy) is 2. The minimum absolute atomic E-state index is 0.0583. The number of nitrogens with zero attached hydrogens (tertiary/aromatic N) is 6. The summed E-state index contributed by atoms with van der Waals surface area (Å²) < 4.78 is 10.8. The molecule has 1 saturated heterocycles. The second-order valence-corrected chi connectivity index (χ2v) is 8.99. The molecule has 0 radical (unpaired) electrons. The number of carbonyl (C=O) groups is 2. The van der Waals surface area contributed by atoms with Crippen LogP contribution in [0, 0.1) is 0 Å². The molecule has 11 heteroatoms. The van der Waals surface area contributed by atoms with Gasteiger partial charge in [-0.25, -0.2) is 9.78 Å². The zero-order valence-electron chi connectivity index (χ0n) is 21.4. The number of carbonyl (C=O) groups excluding carboxylic acids is 2. The molecule has 0 saturated carbocycles. The molecule has 1 fully saturated rings. The van der Waals surface area contributed by atoms with Crippen LogP contribution in [0.1, 0.15) is 12.0 Å². The number of urea groups is 1. The Morgan fingerprint density at radius 1 is 1.22 bits per heavy atom. The third-order valence-electron chi connectivity index (χ3n) is 6.28. The second kappa shape index (κ2) is 10.8. The van der Waals surface area contributed by atoms with Crippen molar-refractivity contribution in [1.29, 1.82) is 0 Å². The fourth-order valence-corrected chi connectivity index (χ4v) is 4.40. The zero-order chi connectivity index (χ0) is 25.8. The second-order valence-electron chi connectivity index (χ2n) is 8.99. The Balaban J connectivity index is 1.66. The van der Waals surface area contributed by atoms with Crippen LogP contribution >= 0.6 is 0 Å². The first kappa shape index (κ1) is 25.2. The average Bonchev–Trinajstić information content (AvgIpc) is 3.37. The minimum Gasteiger partial charge on any atom is -0.497 e. The highest BCUT2D eigenvalue weighted by Crippen LogP contribution is 2.37. The molecule has 1 N–H and O–H groups in total. The van der Waals surface area contributed by atoms with Crippen LogP contribution in [0.2, 0.25) is 0 Å². The summed E-state index contributed by atoms with van der Waals surface area (Å²) >= 11 is 0. The van der Waals surface area contributed by atoms with Crippen molar-refractivity contribution in [2.24, 2.45) is 0 Å². The number of amides is 3. The Morgan fingerprint density at radius 3 is 2.58 bits per heavy atom. The summed E-state index contributed by atoms with van der Waals surface area (Å²) in [5, 5.41) is 2.95. The van der Waals surface area contributed by atoms with Gasteiger partial charge in [-0.2, -0.15) is 4.98 Å². The summed E-state index contributed by atoms with van der Waals surface area (Å²) in [6.45, 7) is 1.97. The standard InChI is InChI=1S/C25H33N7O4/c1-26-24-27-14-17-15-31(19-11-20(35-4)13-21(12-19)36-5)25(34)32(23(17)28-24)18-8-10-30(16-18)22(33)7-6-9-29(2)3/h6-7,11-14,18H,8-10,15-16H2,1-5H3,(H,26,27,28)/b7-6+/t18-/m0/s1. The molecule has 2 aromatic rings. The van der Waals surface area contributed by atoms with Gasteiger partial charge in [-0.1, -0.05) is 6.08 Å². The third-order valence-corrected chi connectivity index (χ3v) is 6.28. The molecule has 36 heavy (non-hydrogen) atoms. The molecule has 2 aliphatic heterocycles. The Hall–Kier alpha value is -3.86. The van der Waals surface area contributed by atoms with Gasteiger partial charge in [-0.3, -0.25) is 14.6 Å². The normalized spacial score (nSPS) is 17.7. The minimum atomic E-state index is -0.225. The topological polar surface area (TPSA) is 103 Å². The van der Waals surface area contributed by atoms with Crippen LogP contribution in [-0.4, -0.2) is 92.7 Å². The van der Waals surface area contributed by atoms with Crippen LogP contribution in [0.15, 0.2) is 36.5 Å². The van der Waals surface area contributed by atoms with Gasteiger partial charge in [0.2, 0.25) is 11.9 Å². The van der Waals surface area contributed by atoms with Gasteiger partial charge in [0.15, 0.2) is 0 Å². The smallest absolute Gasteiger partial charge is 0.330 e. The first-order valence-electron chi connectivity index (χ1n) is 11.8. The maximum absolute atomic E-state index is 14.0. The Labute approximate surface area is 211 Å². The average molecular weight is 496 g/mol. The number of methoxy groups -OCH3 is 2. The van der Waals surface area contributed by atoms with Crippen molar-refractivity contribution < 1.29 is 19.1 Å². The lowest BCUT2D eigenvalue weighted by Crippen LogP contribution is -2.53. The van der Waals surface area contributed by atoms with Gasteiger partial charge < -0.3 is 24.6 Å². The summed E-state index contributed by atoms with van der Waals surface area (Å²) in [4.78, 5) is 42.8. The quantitative estimate of drug-likeness (QED) is 0.556. The largest absolute Gasteiger partial charge is 0.497 e. The van der Waals surface area contributed by atoms with Crippen LogP contribution in [-0.2, 0) is 11.3 Å². The molecule has 0 spiro atoms. The molecular weight excluding hydrogens is 462 g/mol. The van der Waals surface area contributed by atoms with Crippen LogP contribution in [0.4, 0.5) is 22.2 Å². The van der Waals surface area contributed by atoms with Crippen molar-refractivity contribution in [3.05, 3.63) is 42.1 Å². The lowest BCUT2D eigenvalue weighted by Gasteiger charge is -2.39. The van der Waals surface area contributed by atoms with E-state index in [-0.39, 0.29) is 18.0 Å². The predicted molar refractivity (Wildman–Crippen MR) is 138 cm³/mol. The highest BCUT2D eigenvalue weighted by molar-refractivity contribution is 6.06. The van der Waals surface area contributed by atoms with Crippen molar-refractivity contribution in [2.75, 3.05) is 70.1 Å². The third kappa shape index (κ3) is 5.20. The number of likely N-dealkylation sites (tertiary alicyclic amines) is 1. The molecule has 3 heterocycles. The van der Waals surface area contributed by atoms with Crippen LogP contribution < -0.4 is 24.6 Å². The lowest BCUT2D eigenvalue weighted by atomic mass is 10.1. The van der Waals surface area contributed by atoms with Gasteiger partial charge in [-0.15, -0.1) is 0 Å². The molecule has 11 nitrogen and oxygen atoms in total. The Kier molecular flexibility index (Phi) is 7.58. The predicted octanol–water partition coefficient (Wildman–Crippen LogP) is 2.20. The number of rotatable bonds is 8. The van der Waals surface area contributed by atoms with Gasteiger partial charge in [0.05, 0.1) is 32.5 Å². The zero-order valence-corrected chi connectivity index (χ0v) is 21.4. The number of benzene rings is 1. The molecule has 1 aromatic carbocycles. The van der Waals surface area contributed by atoms with Gasteiger partial charge in [0, 0.05) is 62.7 Å². The fraction of sp³-hybridized carbons (Fsp3) is 0.440. The molecule has 1 atom stereocenters. The summed E-state index contributed by atoms with van der Waals surface area (Å²) in [6.07, 6.45) is 5.83. The van der Waals surface area contributed by atoms with Gasteiger partial charge >= 0.3 is 6.03 Å². The van der Waals surface area contributed by atoms with E-state index in [1.165, 1.54) is 0 Å². The molecule has 1 aromatic heterocycles. The number of fused-ring (bicyclic) bond motifs is 1. The first-order chi connectivity index (χ1) is 17.3. The molecule has 3 amide bonds. The molecule has 0 unspecified atom stereocenters. The van der Waals surface area contributed by atoms with E-state index in [9.17, 15) is 9.59 Å². The number of hydrogen-bond acceptors (Lipinski definition) is 8. The van der Waals surface area contributed by atoms with E-state index >= 15 is 0 Å². The van der Waals surface area contributed by atoms with E-state index in [4.69, 9.17) is 9.47 Å². The van der Waals surface area contributed by atoms with E-state index in [0.29, 0.717) is 61.6 Å². The summed E-state index contributed by atoms with van der Waals surface area (Å²) in [7, 11) is 8.78. The van der Waals surface area contributed by atoms with Crippen LogP contribution in [0.25, 0.3) is 0 Å². The SMILES string of the molecule is CNc1ncc2c(n1)N([C@H]1CCN(C(=O)/C=C/CN(C)C)C1)C(=O)N(c1cc(OC)cc(OC)c1)C2. The van der Waals surface area contributed by atoms with E-state index in [1.54, 1.807) is 66.4 Å². The van der Waals surface area contributed by atoms with Crippen molar-refractivity contribution in [3.8, 4) is 11.5 Å². The number of anilines is 3. The van der Waals surface area contributed by atoms with Gasteiger partial charge in [-0.05, 0) is 20.5 Å². The van der Waals surface area contributed by atoms with Crippen LogP contribution in [0.5, 0.6) is 11.5 Å². The van der Waals surface area contributed by atoms with Crippen molar-refractivity contribution in [2.45, 2.75) is 19.0 Å². The van der Waals surface area contributed by atoms with Gasteiger partial charge in [0.25, 0.3) is 0 Å². The molecule has 2 aliphatic rings. The lowest BCUT2D eigenvalue weighted by molar-refractivity contribution is -0.125. The van der Waals surface area contributed by atoms with E-state index < -0.39 is 0 Å².